The molecule has 0 atom stereocenters. The fourth-order valence-corrected chi connectivity index (χ4v) is 3.37. The van der Waals surface area contributed by atoms with E-state index in [-0.39, 0.29) is 10.7 Å². The smallest absolute Gasteiger partial charge is 0.192 e. The summed E-state index contributed by atoms with van der Waals surface area (Å²) in [5.41, 5.74) is 1.14. The Morgan fingerprint density at radius 3 is 2.17 bits per heavy atom. The van der Waals surface area contributed by atoms with E-state index in [9.17, 15) is 13.7 Å². The Morgan fingerprint density at radius 2 is 1.67 bits per heavy atom. The van der Waals surface area contributed by atoms with Crippen LogP contribution in [0, 0.1) is 11.3 Å². The molecule has 0 aromatic heterocycles. The molecule has 0 aliphatic heterocycles. The average Bonchev–Trinajstić information content (AvgIpc) is 2.59. The van der Waals surface area contributed by atoms with E-state index in [0.717, 1.165) is 0 Å². The zero-order valence-electron chi connectivity index (χ0n) is 13.4. The number of hydrogen-bond acceptors (Lipinski definition) is 5. The highest BCUT2D eigenvalue weighted by Gasteiger charge is 2.19. The quantitative estimate of drug-likeness (QED) is 0.753. The monoisotopic (exact) mass is 343 g/mol. The molecule has 2 rings (SSSR count). The van der Waals surface area contributed by atoms with E-state index in [1.165, 1.54) is 20.3 Å². The Kier molecular flexibility index (Phi) is 5.61. The number of benzene rings is 2. The maximum Gasteiger partial charge on any atom is 0.192 e. The molecule has 0 amide bonds. The Balaban J connectivity index is 2.40. The normalized spacial score (nSPS) is 11.6. The molecule has 6 heteroatoms. The molecule has 24 heavy (non-hydrogen) atoms. The SMILES string of the molecule is COc1cc(/C=C(\C#N)S(=O)(=O)Cc2ccccc2)cc(OC)c1. The molecule has 0 spiro atoms. The molecule has 0 saturated carbocycles. The summed E-state index contributed by atoms with van der Waals surface area (Å²) in [5, 5.41) is 9.29. The van der Waals surface area contributed by atoms with E-state index in [2.05, 4.69) is 0 Å². The summed E-state index contributed by atoms with van der Waals surface area (Å²) < 4.78 is 35.3. The van der Waals surface area contributed by atoms with Gasteiger partial charge in [-0.15, -0.1) is 0 Å². The van der Waals surface area contributed by atoms with Crippen molar-refractivity contribution in [3.05, 3.63) is 64.6 Å². The van der Waals surface area contributed by atoms with Gasteiger partial charge < -0.3 is 9.47 Å². The topological polar surface area (TPSA) is 76.4 Å². The van der Waals surface area contributed by atoms with E-state index in [1.807, 2.05) is 0 Å². The molecule has 2 aromatic rings. The molecule has 0 unspecified atom stereocenters. The standard InChI is InChI=1S/C18H17NO4S/c1-22-16-8-15(9-17(11-16)23-2)10-18(12-19)24(20,21)13-14-6-4-3-5-7-14/h3-11H,13H2,1-2H3/b18-10+. The number of allylic oxidation sites excluding steroid dienone is 1. The molecule has 0 radical (unpaired) electrons. The Labute approximate surface area is 141 Å². The van der Waals surface area contributed by atoms with Crippen LogP contribution in [0.1, 0.15) is 11.1 Å². The molecule has 5 nitrogen and oxygen atoms in total. The molecule has 0 aliphatic rings. The first kappa shape index (κ1) is 17.6. The van der Waals surface area contributed by atoms with Crippen molar-refractivity contribution in [1.29, 1.82) is 5.26 Å². The molecule has 0 fully saturated rings. The fraction of sp³-hybridized carbons (Fsp3) is 0.167. The van der Waals surface area contributed by atoms with Gasteiger partial charge >= 0.3 is 0 Å². The number of rotatable bonds is 6. The summed E-state index contributed by atoms with van der Waals surface area (Å²) in [6, 6.07) is 15.5. The maximum atomic E-state index is 12.5. The number of sulfone groups is 1. The van der Waals surface area contributed by atoms with Gasteiger partial charge in [-0.05, 0) is 29.3 Å². The Hall–Kier alpha value is -2.78. The third kappa shape index (κ3) is 4.37. The number of ether oxygens (including phenoxy) is 2. The molecule has 0 aliphatic carbocycles. The van der Waals surface area contributed by atoms with E-state index < -0.39 is 9.84 Å². The second kappa shape index (κ2) is 7.66. The van der Waals surface area contributed by atoms with Crippen LogP contribution in [0.2, 0.25) is 0 Å². The lowest BCUT2D eigenvalue weighted by Gasteiger charge is -2.07. The minimum atomic E-state index is -3.74. The molecule has 0 bridgehead atoms. The summed E-state index contributed by atoms with van der Waals surface area (Å²) in [7, 11) is -0.745. The number of nitrogens with zero attached hydrogens (tertiary/aromatic N) is 1. The molecular weight excluding hydrogens is 326 g/mol. The van der Waals surface area contributed by atoms with Crippen molar-refractivity contribution < 1.29 is 17.9 Å². The van der Waals surface area contributed by atoms with E-state index in [0.29, 0.717) is 22.6 Å². The summed E-state index contributed by atoms with van der Waals surface area (Å²) in [5.74, 6) is 0.797. The van der Waals surface area contributed by atoms with Crippen LogP contribution in [-0.2, 0) is 15.6 Å². The third-order valence-electron chi connectivity index (χ3n) is 3.32. The van der Waals surface area contributed by atoms with Crippen LogP contribution in [0.4, 0.5) is 0 Å². The van der Waals surface area contributed by atoms with Gasteiger partial charge in [0.15, 0.2) is 9.84 Å². The molecule has 0 N–H and O–H groups in total. The van der Waals surface area contributed by atoms with Gasteiger partial charge in [0.1, 0.15) is 22.5 Å². The highest BCUT2D eigenvalue weighted by molar-refractivity contribution is 7.95. The predicted molar refractivity (Wildman–Crippen MR) is 92.2 cm³/mol. The van der Waals surface area contributed by atoms with Gasteiger partial charge in [-0.2, -0.15) is 5.26 Å². The van der Waals surface area contributed by atoms with Crippen LogP contribution in [0.15, 0.2) is 53.4 Å². The summed E-state index contributed by atoms with van der Waals surface area (Å²) in [6.45, 7) is 0. The van der Waals surface area contributed by atoms with Crippen molar-refractivity contribution in [2.75, 3.05) is 14.2 Å². The highest BCUT2D eigenvalue weighted by atomic mass is 32.2. The number of nitriles is 1. The van der Waals surface area contributed by atoms with Gasteiger partial charge in [0.2, 0.25) is 0 Å². The maximum absolute atomic E-state index is 12.5. The first-order valence-corrected chi connectivity index (χ1v) is 8.75. The second-order valence-corrected chi connectivity index (χ2v) is 6.97. The van der Waals surface area contributed by atoms with Crippen molar-refractivity contribution in [2.45, 2.75) is 5.75 Å². The van der Waals surface area contributed by atoms with Crippen LogP contribution in [-0.4, -0.2) is 22.6 Å². The predicted octanol–water partition coefficient (Wildman–Crippen LogP) is 3.18. The van der Waals surface area contributed by atoms with Crippen LogP contribution in [0.25, 0.3) is 6.08 Å². The van der Waals surface area contributed by atoms with Crippen LogP contribution < -0.4 is 9.47 Å². The van der Waals surface area contributed by atoms with Crippen LogP contribution in [0.3, 0.4) is 0 Å². The zero-order chi connectivity index (χ0) is 17.6. The third-order valence-corrected chi connectivity index (χ3v) is 4.91. The van der Waals surface area contributed by atoms with Crippen molar-refractivity contribution in [3.63, 3.8) is 0 Å². The van der Waals surface area contributed by atoms with Crippen molar-refractivity contribution >= 4 is 15.9 Å². The van der Waals surface area contributed by atoms with Crippen LogP contribution in [0.5, 0.6) is 11.5 Å². The van der Waals surface area contributed by atoms with Gasteiger partial charge in [0.05, 0.1) is 20.0 Å². The first-order chi connectivity index (χ1) is 11.5. The summed E-state index contributed by atoms with van der Waals surface area (Å²) in [6.07, 6.45) is 1.32. The molecule has 0 saturated heterocycles. The minimum absolute atomic E-state index is 0.228. The Bertz CT molecular complexity index is 859. The van der Waals surface area contributed by atoms with E-state index >= 15 is 0 Å². The lowest BCUT2D eigenvalue weighted by Crippen LogP contribution is -2.06. The number of methoxy groups -OCH3 is 2. The fourth-order valence-electron chi connectivity index (χ4n) is 2.13. The summed E-state index contributed by atoms with van der Waals surface area (Å²) in [4.78, 5) is -0.304. The molecule has 124 valence electrons. The van der Waals surface area contributed by atoms with Gasteiger partial charge in [0, 0.05) is 6.07 Å². The van der Waals surface area contributed by atoms with Gasteiger partial charge in [-0.1, -0.05) is 30.3 Å². The summed E-state index contributed by atoms with van der Waals surface area (Å²) >= 11 is 0. The van der Waals surface area contributed by atoms with E-state index in [4.69, 9.17) is 9.47 Å². The molecular formula is C18H17NO4S. The van der Waals surface area contributed by atoms with E-state index in [1.54, 1.807) is 54.6 Å². The molecule has 0 heterocycles. The largest absolute Gasteiger partial charge is 0.497 e. The minimum Gasteiger partial charge on any atom is -0.497 e. The van der Waals surface area contributed by atoms with Crippen molar-refractivity contribution in [2.24, 2.45) is 0 Å². The zero-order valence-corrected chi connectivity index (χ0v) is 14.2. The van der Waals surface area contributed by atoms with Gasteiger partial charge in [0.25, 0.3) is 0 Å². The highest BCUT2D eigenvalue weighted by Crippen LogP contribution is 2.25. The van der Waals surface area contributed by atoms with Crippen LogP contribution >= 0.6 is 0 Å². The van der Waals surface area contributed by atoms with Crippen molar-refractivity contribution in [1.82, 2.24) is 0 Å². The van der Waals surface area contributed by atoms with Gasteiger partial charge in [-0.25, -0.2) is 8.42 Å². The number of hydrogen-bond donors (Lipinski definition) is 0. The Morgan fingerprint density at radius 1 is 1.08 bits per heavy atom. The first-order valence-electron chi connectivity index (χ1n) is 7.10. The second-order valence-electron chi connectivity index (χ2n) is 5.01. The van der Waals surface area contributed by atoms with Crippen molar-refractivity contribution in [3.8, 4) is 17.6 Å². The van der Waals surface area contributed by atoms with Gasteiger partial charge in [-0.3, -0.25) is 0 Å². The average molecular weight is 343 g/mol. The lowest BCUT2D eigenvalue weighted by molar-refractivity contribution is 0.394. The molecule has 2 aromatic carbocycles. The lowest BCUT2D eigenvalue weighted by atomic mass is 10.2.